The highest BCUT2D eigenvalue weighted by atomic mass is 32.1. The van der Waals surface area contributed by atoms with Crippen LogP contribution in [0.15, 0.2) is 30.6 Å². The van der Waals surface area contributed by atoms with Crippen molar-refractivity contribution in [3.63, 3.8) is 0 Å². The summed E-state index contributed by atoms with van der Waals surface area (Å²) in [7, 11) is 1.98. The molecule has 0 N–H and O–H groups in total. The minimum atomic E-state index is 0.0550. The molecule has 1 aliphatic rings. The molecule has 8 heteroatoms. The number of fused-ring (bicyclic) bond motifs is 1. The summed E-state index contributed by atoms with van der Waals surface area (Å²) in [5, 5.41) is 0. The first-order chi connectivity index (χ1) is 11.2. The van der Waals surface area contributed by atoms with Crippen molar-refractivity contribution in [3.8, 4) is 0 Å². The maximum atomic E-state index is 12.7. The van der Waals surface area contributed by atoms with Gasteiger partial charge >= 0.3 is 0 Å². The molecule has 0 unspecified atom stereocenters. The molecule has 1 aliphatic heterocycles. The van der Waals surface area contributed by atoms with Crippen molar-refractivity contribution in [2.75, 3.05) is 31.1 Å². The molecule has 1 amide bonds. The summed E-state index contributed by atoms with van der Waals surface area (Å²) in [6.45, 7) is 2.96. The molecular formula is C15H16N6OS. The molecule has 7 nitrogen and oxygen atoms in total. The standard InChI is InChI=1S/C15H16N6OS/c1-19-5-4-16-15(19)21-8-6-20(7-9-21)14(22)11-2-3-12-13(10-11)18-23-17-12/h2-5,10H,6-9H2,1H3. The van der Waals surface area contributed by atoms with Gasteiger partial charge in [0.2, 0.25) is 5.95 Å². The normalized spacial score (nSPS) is 15.3. The van der Waals surface area contributed by atoms with Gasteiger partial charge in [0.15, 0.2) is 0 Å². The molecular weight excluding hydrogens is 312 g/mol. The first kappa shape index (κ1) is 14.1. The third kappa shape index (κ3) is 2.55. The molecule has 1 saturated heterocycles. The molecule has 0 radical (unpaired) electrons. The summed E-state index contributed by atoms with van der Waals surface area (Å²) >= 11 is 1.17. The lowest BCUT2D eigenvalue weighted by Crippen LogP contribution is -2.49. The number of benzene rings is 1. The first-order valence-corrected chi connectivity index (χ1v) is 8.19. The third-order valence-corrected chi connectivity index (χ3v) is 4.70. The highest BCUT2D eigenvalue weighted by Crippen LogP contribution is 2.17. The van der Waals surface area contributed by atoms with E-state index in [0.29, 0.717) is 18.7 Å². The number of hydrogen-bond acceptors (Lipinski definition) is 6. The summed E-state index contributed by atoms with van der Waals surface area (Å²) in [5.41, 5.74) is 2.30. The maximum Gasteiger partial charge on any atom is 0.254 e. The predicted octanol–water partition coefficient (Wildman–Crippen LogP) is 1.39. The monoisotopic (exact) mass is 328 g/mol. The molecule has 4 rings (SSSR count). The predicted molar refractivity (Wildman–Crippen MR) is 88.7 cm³/mol. The van der Waals surface area contributed by atoms with E-state index >= 15 is 0 Å². The number of anilines is 1. The minimum Gasteiger partial charge on any atom is -0.339 e. The second-order valence-corrected chi connectivity index (χ2v) is 6.11. The van der Waals surface area contributed by atoms with Gasteiger partial charge in [0, 0.05) is 51.2 Å². The number of hydrogen-bond donors (Lipinski definition) is 0. The van der Waals surface area contributed by atoms with E-state index in [-0.39, 0.29) is 5.91 Å². The lowest BCUT2D eigenvalue weighted by Gasteiger charge is -2.35. The Bertz CT molecular complexity index is 848. The van der Waals surface area contributed by atoms with Crippen molar-refractivity contribution in [3.05, 3.63) is 36.2 Å². The fourth-order valence-electron chi connectivity index (χ4n) is 2.87. The highest BCUT2D eigenvalue weighted by molar-refractivity contribution is 7.00. The molecule has 0 spiro atoms. The molecule has 2 aromatic heterocycles. The number of piperazine rings is 1. The van der Waals surface area contributed by atoms with Gasteiger partial charge in [-0.2, -0.15) is 8.75 Å². The molecule has 3 heterocycles. The van der Waals surface area contributed by atoms with Gasteiger partial charge in [0.05, 0.1) is 11.7 Å². The average molecular weight is 328 g/mol. The van der Waals surface area contributed by atoms with Crippen LogP contribution >= 0.6 is 11.7 Å². The van der Waals surface area contributed by atoms with Gasteiger partial charge in [-0.3, -0.25) is 4.79 Å². The molecule has 0 saturated carbocycles. The van der Waals surface area contributed by atoms with Gasteiger partial charge in [-0.25, -0.2) is 4.98 Å². The van der Waals surface area contributed by atoms with Crippen molar-refractivity contribution in [2.24, 2.45) is 7.05 Å². The zero-order chi connectivity index (χ0) is 15.8. The minimum absolute atomic E-state index is 0.0550. The summed E-state index contributed by atoms with van der Waals surface area (Å²) in [6, 6.07) is 5.51. The quantitative estimate of drug-likeness (QED) is 0.711. The average Bonchev–Trinajstić information content (AvgIpc) is 3.22. The van der Waals surface area contributed by atoms with Crippen LogP contribution in [0.2, 0.25) is 0 Å². The van der Waals surface area contributed by atoms with E-state index < -0.39 is 0 Å². The Kier molecular flexibility index (Phi) is 3.45. The number of rotatable bonds is 2. The first-order valence-electron chi connectivity index (χ1n) is 7.46. The summed E-state index contributed by atoms with van der Waals surface area (Å²) in [6.07, 6.45) is 3.73. The van der Waals surface area contributed by atoms with E-state index in [4.69, 9.17) is 0 Å². The fraction of sp³-hybridized carbons (Fsp3) is 0.333. The number of imidazole rings is 1. The van der Waals surface area contributed by atoms with Gasteiger partial charge in [0.25, 0.3) is 5.91 Å². The van der Waals surface area contributed by atoms with Crippen LogP contribution in [0.25, 0.3) is 11.0 Å². The van der Waals surface area contributed by atoms with Crippen LogP contribution in [0, 0.1) is 0 Å². The van der Waals surface area contributed by atoms with Crippen molar-refractivity contribution in [1.29, 1.82) is 0 Å². The van der Waals surface area contributed by atoms with Crippen LogP contribution in [0.5, 0.6) is 0 Å². The van der Waals surface area contributed by atoms with Crippen molar-refractivity contribution in [1.82, 2.24) is 23.2 Å². The van der Waals surface area contributed by atoms with Crippen molar-refractivity contribution < 1.29 is 4.79 Å². The SMILES string of the molecule is Cn1ccnc1N1CCN(C(=O)c2ccc3nsnc3c2)CC1. The van der Waals surface area contributed by atoms with Crippen LogP contribution in [0.3, 0.4) is 0 Å². The Morgan fingerprint density at radius 3 is 2.65 bits per heavy atom. The number of nitrogens with zero attached hydrogens (tertiary/aromatic N) is 6. The lowest BCUT2D eigenvalue weighted by molar-refractivity contribution is 0.0746. The van der Waals surface area contributed by atoms with Crippen molar-refractivity contribution >= 4 is 34.6 Å². The summed E-state index contributed by atoms with van der Waals surface area (Å²) in [4.78, 5) is 21.1. The second kappa shape index (κ2) is 5.62. The van der Waals surface area contributed by atoms with E-state index in [9.17, 15) is 4.79 Å². The smallest absolute Gasteiger partial charge is 0.254 e. The van der Waals surface area contributed by atoms with Gasteiger partial charge in [0.1, 0.15) is 11.0 Å². The van der Waals surface area contributed by atoms with E-state index in [0.717, 1.165) is 30.1 Å². The number of aryl methyl sites for hydroxylation is 1. The topological polar surface area (TPSA) is 67.2 Å². The van der Waals surface area contributed by atoms with Crippen molar-refractivity contribution in [2.45, 2.75) is 0 Å². The zero-order valence-corrected chi connectivity index (χ0v) is 13.5. The summed E-state index contributed by atoms with van der Waals surface area (Å²) in [5.74, 6) is 1.01. The summed E-state index contributed by atoms with van der Waals surface area (Å²) < 4.78 is 10.4. The van der Waals surface area contributed by atoms with Gasteiger partial charge in [-0.1, -0.05) is 0 Å². The number of amides is 1. The zero-order valence-electron chi connectivity index (χ0n) is 12.7. The van der Waals surface area contributed by atoms with Crippen LogP contribution in [0.1, 0.15) is 10.4 Å². The molecule has 1 fully saturated rings. The Hall–Kier alpha value is -2.48. The highest BCUT2D eigenvalue weighted by Gasteiger charge is 2.24. The van der Waals surface area contributed by atoms with Crippen LogP contribution in [-0.4, -0.2) is 55.3 Å². The Balaban J connectivity index is 1.47. The van der Waals surface area contributed by atoms with E-state index in [1.165, 1.54) is 11.7 Å². The van der Waals surface area contributed by atoms with Gasteiger partial charge < -0.3 is 14.4 Å². The van der Waals surface area contributed by atoms with E-state index in [1.54, 1.807) is 6.20 Å². The van der Waals surface area contributed by atoms with E-state index in [2.05, 4.69) is 18.6 Å². The molecule has 1 aromatic carbocycles. The van der Waals surface area contributed by atoms with Crippen LogP contribution < -0.4 is 4.90 Å². The Morgan fingerprint density at radius 2 is 1.91 bits per heavy atom. The number of carbonyl (C=O) groups excluding carboxylic acids is 1. The largest absolute Gasteiger partial charge is 0.339 e. The third-order valence-electron chi connectivity index (χ3n) is 4.15. The van der Waals surface area contributed by atoms with Crippen LogP contribution in [-0.2, 0) is 7.05 Å². The molecule has 23 heavy (non-hydrogen) atoms. The second-order valence-electron chi connectivity index (χ2n) is 5.59. The maximum absolute atomic E-state index is 12.7. The molecule has 3 aromatic rings. The lowest BCUT2D eigenvalue weighted by atomic mass is 10.1. The fourth-order valence-corrected chi connectivity index (χ4v) is 3.39. The van der Waals surface area contributed by atoms with Gasteiger partial charge in [-0.15, -0.1) is 0 Å². The Labute approximate surface area is 137 Å². The van der Waals surface area contributed by atoms with Crippen LogP contribution in [0.4, 0.5) is 5.95 Å². The van der Waals surface area contributed by atoms with E-state index in [1.807, 2.05) is 40.9 Å². The Morgan fingerprint density at radius 1 is 1.13 bits per heavy atom. The number of aromatic nitrogens is 4. The molecule has 0 aliphatic carbocycles. The molecule has 0 atom stereocenters. The molecule has 118 valence electrons. The van der Waals surface area contributed by atoms with Gasteiger partial charge in [-0.05, 0) is 18.2 Å². The molecule has 0 bridgehead atoms. The number of carbonyl (C=O) groups is 1.